The van der Waals surface area contributed by atoms with Crippen LogP contribution in [0, 0.1) is 0 Å². The molecule has 0 aliphatic heterocycles. The van der Waals surface area contributed by atoms with Crippen molar-refractivity contribution in [1.29, 1.82) is 0 Å². The van der Waals surface area contributed by atoms with E-state index in [2.05, 4.69) is 51.1 Å². The van der Waals surface area contributed by atoms with E-state index in [1.165, 1.54) is 11.1 Å². The Labute approximate surface area is 180 Å². The van der Waals surface area contributed by atoms with Crippen LogP contribution in [0.3, 0.4) is 0 Å². The lowest BCUT2D eigenvalue weighted by Crippen LogP contribution is -2.24. The highest BCUT2D eigenvalue weighted by atomic mass is 16.5. The molecular formula is C27H32O3. The highest BCUT2D eigenvalue weighted by Gasteiger charge is 2.21. The third-order valence-electron chi connectivity index (χ3n) is 5.19. The Hall–Kier alpha value is -2.62. The first kappa shape index (κ1) is 22.1. The van der Waals surface area contributed by atoms with Crippen LogP contribution < -0.4 is 4.74 Å². The molecule has 1 atom stereocenters. The van der Waals surface area contributed by atoms with Crippen LogP contribution in [0.1, 0.15) is 50.5 Å². The molecule has 0 saturated carbocycles. The van der Waals surface area contributed by atoms with Gasteiger partial charge in [-0.2, -0.15) is 0 Å². The Morgan fingerprint density at radius 2 is 1.53 bits per heavy atom. The van der Waals surface area contributed by atoms with E-state index in [4.69, 9.17) is 14.2 Å². The SMILES string of the molecule is CCOC(C)c1ccc(C(C)(C)COCc2cccc(Oc3ccccc3)c2)cc1. The van der Waals surface area contributed by atoms with Crippen LogP contribution in [0.15, 0.2) is 78.9 Å². The molecule has 0 saturated heterocycles. The molecule has 0 aromatic heterocycles. The molecule has 0 fully saturated rings. The van der Waals surface area contributed by atoms with E-state index in [0.29, 0.717) is 13.2 Å². The van der Waals surface area contributed by atoms with E-state index in [9.17, 15) is 0 Å². The predicted molar refractivity (Wildman–Crippen MR) is 122 cm³/mol. The minimum atomic E-state index is -0.0778. The van der Waals surface area contributed by atoms with Crippen LogP contribution in [0.4, 0.5) is 0 Å². The summed E-state index contributed by atoms with van der Waals surface area (Å²) in [6, 6.07) is 26.5. The van der Waals surface area contributed by atoms with Crippen molar-refractivity contribution in [1.82, 2.24) is 0 Å². The van der Waals surface area contributed by atoms with Crippen molar-refractivity contribution in [2.75, 3.05) is 13.2 Å². The molecule has 3 nitrogen and oxygen atoms in total. The molecule has 3 aromatic rings. The van der Waals surface area contributed by atoms with Gasteiger partial charge in [0.2, 0.25) is 0 Å². The van der Waals surface area contributed by atoms with Crippen molar-refractivity contribution in [3.63, 3.8) is 0 Å². The van der Waals surface area contributed by atoms with Gasteiger partial charge in [-0.15, -0.1) is 0 Å². The molecule has 3 heteroatoms. The fourth-order valence-corrected chi connectivity index (χ4v) is 3.38. The molecule has 3 aromatic carbocycles. The Balaban J connectivity index is 1.55. The van der Waals surface area contributed by atoms with Crippen molar-refractivity contribution in [2.24, 2.45) is 0 Å². The largest absolute Gasteiger partial charge is 0.457 e. The van der Waals surface area contributed by atoms with Gasteiger partial charge in [0.15, 0.2) is 0 Å². The molecule has 0 spiro atoms. The maximum absolute atomic E-state index is 6.08. The summed E-state index contributed by atoms with van der Waals surface area (Å²) in [5, 5.41) is 0. The van der Waals surface area contributed by atoms with Gasteiger partial charge in [0.1, 0.15) is 11.5 Å². The average molecular weight is 405 g/mol. The van der Waals surface area contributed by atoms with Gasteiger partial charge < -0.3 is 14.2 Å². The summed E-state index contributed by atoms with van der Waals surface area (Å²) in [6.07, 6.45) is 0.119. The Morgan fingerprint density at radius 1 is 0.833 bits per heavy atom. The van der Waals surface area contributed by atoms with Gasteiger partial charge >= 0.3 is 0 Å². The van der Waals surface area contributed by atoms with Gasteiger partial charge in [-0.05, 0) is 54.8 Å². The lowest BCUT2D eigenvalue weighted by Gasteiger charge is -2.26. The number of benzene rings is 3. The lowest BCUT2D eigenvalue weighted by atomic mass is 9.85. The van der Waals surface area contributed by atoms with E-state index in [1.54, 1.807) is 0 Å². The Kier molecular flexibility index (Phi) is 7.67. The van der Waals surface area contributed by atoms with Gasteiger partial charge in [0.05, 0.1) is 19.3 Å². The molecule has 0 aliphatic rings. The van der Waals surface area contributed by atoms with Crippen LogP contribution in [0.25, 0.3) is 0 Å². The zero-order valence-corrected chi connectivity index (χ0v) is 18.4. The smallest absolute Gasteiger partial charge is 0.127 e. The van der Waals surface area contributed by atoms with Gasteiger partial charge in [0.25, 0.3) is 0 Å². The predicted octanol–water partition coefficient (Wildman–Crippen LogP) is 7.07. The van der Waals surface area contributed by atoms with Gasteiger partial charge in [-0.3, -0.25) is 0 Å². The average Bonchev–Trinajstić information content (AvgIpc) is 2.75. The molecule has 30 heavy (non-hydrogen) atoms. The molecule has 3 rings (SSSR count). The summed E-state index contributed by atoms with van der Waals surface area (Å²) in [5.74, 6) is 1.65. The Bertz CT molecular complexity index is 901. The molecule has 158 valence electrons. The van der Waals surface area contributed by atoms with Crippen LogP contribution in [0.2, 0.25) is 0 Å². The molecule has 0 N–H and O–H groups in total. The standard InChI is InChI=1S/C27H32O3/c1-5-29-21(2)23-14-16-24(17-15-23)27(3,4)20-28-19-22-10-9-13-26(18-22)30-25-11-7-6-8-12-25/h6-18,21H,5,19-20H2,1-4H3. The highest BCUT2D eigenvalue weighted by Crippen LogP contribution is 2.27. The molecular weight excluding hydrogens is 372 g/mol. The number of rotatable bonds is 10. The summed E-state index contributed by atoms with van der Waals surface area (Å²) in [6.45, 7) is 10.4. The third-order valence-corrected chi connectivity index (χ3v) is 5.19. The summed E-state index contributed by atoms with van der Waals surface area (Å²) in [5.41, 5.74) is 3.48. The third kappa shape index (κ3) is 6.19. The summed E-state index contributed by atoms with van der Waals surface area (Å²) < 4.78 is 17.7. The van der Waals surface area contributed by atoms with Gasteiger partial charge in [-0.1, -0.05) is 68.4 Å². The first-order chi connectivity index (χ1) is 14.5. The second-order valence-electron chi connectivity index (χ2n) is 8.16. The first-order valence-electron chi connectivity index (χ1n) is 10.6. The van der Waals surface area contributed by atoms with Crippen LogP contribution in [0.5, 0.6) is 11.5 Å². The molecule has 0 aliphatic carbocycles. The Morgan fingerprint density at radius 3 is 2.23 bits per heavy atom. The van der Waals surface area contributed by atoms with Crippen molar-refractivity contribution in [2.45, 2.75) is 45.8 Å². The number of para-hydroxylation sites is 1. The van der Waals surface area contributed by atoms with E-state index in [1.807, 2.05) is 55.5 Å². The zero-order chi connectivity index (χ0) is 21.4. The van der Waals surface area contributed by atoms with Crippen LogP contribution >= 0.6 is 0 Å². The quantitative estimate of drug-likeness (QED) is 0.362. The van der Waals surface area contributed by atoms with Crippen molar-refractivity contribution in [3.8, 4) is 11.5 Å². The van der Waals surface area contributed by atoms with E-state index in [-0.39, 0.29) is 11.5 Å². The summed E-state index contributed by atoms with van der Waals surface area (Å²) in [4.78, 5) is 0. The summed E-state index contributed by atoms with van der Waals surface area (Å²) >= 11 is 0. The highest BCUT2D eigenvalue weighted by molar-refractivity contribution is 5.34. The minimum Gasteiger partial charge on any atom is -0.457 e. The maximum atomic E-state index is 6.08. The maximum Gasteiger partial charge on any atom is 0.127 e. The minimum absolute atomic E-state index is 0.0778. The monoisotopic (exact) mass is 404 g/mol. The molecule has 0 bridgehead atoms. The summed E-state index contributed by atoms with van der Waals surface area (Å²) in [7, 11) is 0. The number of hydrogen-bond donors (Lipinski definition) is 0. The zero-order valence-electron chi connectivity index (χ0n) is 18.4. The van der Waals surface area contributed by atoms with Crippen molar-refractivity contribution in [3.05, 3.63) is 95.6 Å². The second kappa shape index (κ2) is 10.4. The van der Waals surface area contributed by atoms with Gasteiger partial charge in [0, 0.05) is 12.0 Å². The van der Waals surface area contributed by atoms with Crippen LogP contribution in [-0.4, -0.2) is 13.2 Å². The fourth-order valence-electron chi connectivity index (χ4n) is 3.38. The molecule has 0 amide bonds. The lowest BCUT2D eigenvalue weighted by molar-refractivity contribution is 0.0760. The van der Waals surface area contributed by atoms with Gasteiger partial charge in [-0.25, -0.2) is 0 Å². The first-order valence-corrected chi connectivity index (χ1v) is 10.6. The van der Waals surface area contributed by atoms with Crippen molar-refractivity contribution < 1.29 is 14.2 Å². The number of ether oxygens (including phenoxy) is 3. The fraction of sp³-hybridized carbons (Fsp3) is 0.333. The number of hydrogen-bond acceptors (Lipinski definition) is 3. The second-order valence-corrected chi connectivity index (χ2v) is 8.16. The molecule has 1 unspecified atom stereocenters. The van der Waals surface area contributed by atoms with E-state index >= 15 is 0 Å². The van der Waals surface area contributed by atoms with Crippen molar-refractivity contribution >= 4 is 0 Å². The van der Waals surface area contributed by atoms with Crippen LogP contribution in [-0.2, 0) is 21.5 Å². The molecule has 0 radical (unpaired) electrons. The molecule has 0 heterocycles. The normalized spacial score (nSPS) is 12.5. The van der Waals surface area contributed by atoms with E-state index < -0.39 is 0 Å². The van der Waals surface area contributed by atoms with E-state index in [0.717, 1.165) is 23.7 Å². The topological polar surface area (TPSA) is 27.7 Å².